The number of hydrogen-bond acceptors (Lipinski definition) is 4. The first kappa shape index (κ1) is 26.4. The van der Waals surface area contributed by atoms with Crippen LogP contribution in [-0.4, -0.2) is 55.6 Å². The highest BCUT2D eigenvalue weighted by molar-refractivity contribution is 5.99. The number of nitrogens with one attached hydrogen (secondary N) is 1. The van der Waals surface area contributed by atoms with Gasteiger partial charge in [0.25, 0.3) is 5.91 Å². The summed E-state index contributed by atoms with van der Waals surface area (Å²) in [5.74, 6) is 2.58. The van der Waals surface area contributed by atoms with Gasteiger partial charge in [0.1, 0.15) is 12.3 Å². The van der Waals surface area contributed by atoms with E-state index in [2.05, 4.69) is 51.6 Å². The predicted molar refractivity (Wildman–Crippen MR) is 147 cm³/mol. The SMILES string of the molecule is COc1cc(C[N+](C)(C)C)cc(C(=O)N/N=C2/C=C3CC[C@H]4[C@@H]5CC[C@H](O)[C@@]5(C)CC[C@@H]4[C@@]3(C)CC2)c1. The number of nitrogens with zero attached hydrogens (tertiary/aromatic N) is 2. The van der Waals surface area contributed by atoms with Crippen molar-refractivity contribution in [2.45, 2.75) is 77.9 Å². The molecular formula is C31H46N3O3+. The number of quaternary nitrogens is 1. The van der Waals surface area contributed by atoms with E-state index in [9.17, 15) is 9.90 Å². The summed E-state index contributed by atoms with van der Waals surface area (Å²) in [5.41, 5.74) is 7.30. The normalized spacial score (nSPS) is 36.3. The lowest BCUT2D eigenvalue weighted by Gasteiger charge is -2.57. The number of benzene rings is 1. The van der Waals surface area contributed by atoms with Crippen LogP contribution in [-0.2, 0) is 6.54 Å². The van der Waals surface area contributed by atoms with Crippen molar-refractivity contribution in [2.24, 2.45) is 33.7 Å². The maximum Gasteiger partial charge on any atom is 0.271 e. The molecule has 4 aliphatic rings. The number of carbonyl (C=O) groups is 1. The number of hydrazone groups is 1. The Morgan fingerprint density at radius 2 is 1.86 bits per heavy atom. The highest BCUT2D eigenvalue weighted by atomic mass is 16.5. The molecule has 0 heterocycles. The zero-order valence-electron chi connectivity index (χ0n) is 23.6. The van der Waals surface area contributed by atoms with Gasteiger partial charge in [-0.25, -0.2) is 5.43 Å². The lowest BCUT2D eigenvalue weighted by atomic mass is 9.47. The molecule has 37 heavy (non-hydrogen) atoms. The highest BCUT2D eigenvalue weighted by Crippen LogP contribution is 2.65. The number of allylic oxidation sites excluding steroid dienone is 2. The second-order valence-electron chi connectivity index (χ2n) is 13.7. The van der Waals surface area contributed by atoms with E-state index in [-0.39, 0.29) is 22.8 Å². The molecule has 2 N–H and O–H groups in total. The molecule has 1 aromatic rings. The van der Waals surface area contributed by atoms with Gasteiger partial charge in [0.2, 0.25) is 0 Å². The zero-order valence-corrected chi connectivity index (χ0v) is 23.6. The van der Waals surface area contributed by atoms with Crippen molar-refractivity contribution >= 4 is 11.6 Å². The van der Waals surface area contributed by atoms with E-state index >= 15 is 0 Å². The summed E-state index contributed by atoms with van der Waals surface area (Å²) in [6, 6.07) is 5.72. The van der Waals surface area contributed by atoms with Gasteiger partial charge in [-0.05, 0) is 104 Å². The summed E-state index contributed by atoms with van der Waals surface area (Å²) in [6.45, 7) is 5.63. The molecule has 0 radical (unpaired) electrons. The Balaban J connectivity index is 1.31. The lowest BCUT2D eigenvalue weighted by Crippen LogP contribution is -2.51. The summed E-state index contributed by atoms with van der Waals surface area (Å²) in [6.07, 6.45) is 11.0. The standard InChI is InChI=1S/C31H45N3O3/c1-30-13-11-23(32-33-29(36)21-15-20(19-34(3,4)5)16-24(17-21)37-6)18-22(30)7-8-25-26-9-10-28(35)31(26,2)14-12-27(25)30/h15-18,25-28,35H,7-14,19H2,1-6H3/p+1/b32-23+/t25-,26-,27-,28-,30-,31-/m0/s1. The van der Waals surface area contributed by atoms with Gasteiger partial charge in [-0.1, -0.05) is 19.4 Å². The van der Waals surface area contributed by atoms with E-state index in [0.29, 0.717) is 23.1 Å². The van der Waals surface area contributed by atoms with Crippen molar-refractivity contribution in [3.8, 4) is 5.75 Å². The van der Waals surface area contributed by atoms with E-state index in [1.54, 1.807) is 13.2 Å². The summed E-state index contributed by atoms with van der Waals surface area (Å²) in [4.78, 5) is 13.0. The van der Waals surface area contributed by atoms with Crippen molar-refractivity contribution in [3.63, 3.8) is 0 Å². The Kier molecular flexibility index (Phi) is 6.81. The number of fused-ring (bicyclic) bond motifs is 5. The molecular weight excluding hydrogens is 462 g/mol. The minimum atomic E-state index is -0.198. The molecule has 0 unspecified atom stereocenters. The largest absolute Gasteiger partial charge is 0.497 e. The van der Waals surface area contributed by atoms with Gasteiger partial charge >= 0.3 is 0 Å². The highest BCUT2D eigenvalue weighted by Gasteiger charge is 2.58. The number of aliphatic hydroxyl groups excluding tert-OH is 1. The molecule has 0 aliphatic heterocycles. The number of amides is 1. The zero-order chi connectivity index (χ0) is 26.6. The summed E-state index contributed by atoms with van der Waals surface area (Å²) in [5, 5.41) is 15.3. The maximum absolute atomic E-state index is 13.0. The first-order valence-electron chi connectivity index (χ1n) is 14.2. The molecule has 6 atom stereocenters. The van der Waals surface area contributed by atoms with Gasteiger partial charge in [-0.2, -0.15) is 5.10 Å². The Bertz CT molecular complexity index is 1120. The third-order valence-electron chi connectivity index (χ3n) is 10.3. The van der Waals surface area contributed by atoms with Gasteiger partial charge in [0.05, 0.1) is 40.1 Å². The van der Waals surface area contributed by atoms with E-state index < -0.39 is 0 Å². The molecule has 6 heteroatoms. The fourth-order valence-corrected chi connectivity index (χ4v) is 8.37. The molecule has 3 fully saturated rings. The van der Waals surface area contributed by atoms with Gasteiger partial charge in [-0.15, -0.1) is 0 Å². The first-order chi connectivity index (χ1) is 17.4. The first-order valence-corrected chi connectivity index (χ1v) is 14.2. The number of aliphatic hydroxyl groups is 1. The predicted octanol–water partition coefficient (Wildman–Crippen LogP) is 5.31. The molecule has 1 amide bonds. The molecule has 202 valence electrons. The van der Waals surface area contributed by atoms with Crippen molar-refractivity contribution < 1.29 is 19.1 Å². The van der Waals surface area contributed by atoms with Crippen molar-refractivity contribution in [2.75, 3.05) is 28.3 Å². The van der Waals surface area contributed by atoms with Gasteiger partial charge in [-0.3, -0.25) is 4.79 Å². The molecule has 0 saturated heterocycles. The van der Waals surface area contributed by atoms with Crippen LogP contribution in [0.2, 0.25) is 0 Å². The fourth-order valence-electron chi connectivity index (χ4n) is 8.37. The van der Waals surface area contributed by atoms with Crippen LogP contribution in [0, 0.1) is 28.6 Å². The minimum absolute atomic E-state index is 0.120. The van der Waals surface area contributed by atoms with E-state index in [0.717, 1.165) is 60.3 Å². The second kappa shape index (κ2) is 9.53. The molecule has 4 aliphatic carbocycles. The smallest absolute Gasteiger partial charge is 0.271 e. The molecule has 6 nitrogen and oxygen atoms in total. The Morgan fingerprint density at radius 3 is 2.59 bits per heavy atom. The quantitative estimate of drug-likeness (QED) is 0.418. The summed E-state index contributed by atoms with van der Waals surface area (Å²) in [7, 11) is 8.03. The number of rotatable bonds is 5. The van der Waals surface area contributed by atoms with Gasteiger partial charge in [0.15, 0.2) is 0 Å². The molecule has 3 saturated carbocycles. The van der Waals surface area contributed by atoms with Crippen LogP contribution in [0.3, 0.4) is 0 Å². The topological polar surface area (TPSA) is 70.9 Å². The average molecular weight is 509 g/mol. The second-order valence-corrected chi connectivity index (χ2v) is 13.7. The maximum atomic E-state index is 13.0. The lowest BCUT2D eigenvalue weighted by molar-refractivity contribution is -0.884. The summed E-state index contributed by atoms with van der Waals surface area (Å²) < 4.78 is 6.23. The summed E-state index contributed by atoms with van der Waals surface area (Å²) >= 11 is 0. The van der Waals surface area contributed by atoms with Gasteiger partial charge < -0.3 is 14.3 Å². The molecule has 5 rings (SSSR count). The van der Waals surface area contributed by atoms with E-state index in [1.807, 2.05) is 12.1 Å². The fraction of sp³-hybridized carbons (Fsp3) is 0.677. The third-order valence-corrected chi connectivity index (χ3v) is 10.3. The van der Waals surface area contributed by atoms with E-state index in [4.69, 9.17) is 4.74 Å². The third kappa shape index (κ3) is 4.87. The van der Waals surface area contributed by atoms with E-state index in [1.165, 1.54) is 24.8 Å². The molecule has 1 aromatic carbocycles. The van der Waals surface area contributed by atoms with Crippen LogP contribution in [0.15, 0.2) is 34.9 Å². The van der Waals surface area contributed by atoms with Crippen LogP contribution in [0.5, 0.6) is 5.75 Å². The Labute approximate surface area is 222 Å². The van der Waals surface area contributed by atoms with Gasteiger partial charge in [0, 0.05) is 11.1 Å². The number of carbonyl (C=O) groups excluding carboxylic acids is 1. The molecule has 0 spiro atoms. The number of ether oxygens (including phenoxy) is 1. The number of methoxy groups -OCH3 is 1. The van der Waals surface area contributed by atoms with Crippen LogP contribution in [0.1, 0.15) is 81.1 Å². The monoisotopic (exact) mass is 508 g/mol. The van der Waals surface area contributed by atoms with Crippen LogP contribution < -0.4 is 10.2 Å². The minimum Gasteiger partial charge on any atom is -0.497 e. The van der Waals surface area contributed by atoms with Crippen LogP contribution in [0.25, 0.3) is 0 Å². The molecule has 0 bridgehead atoms. The van der Waals surface area contributed by atoms with Crippen molar-refractivity contribution in [1.82, 2.24) is 5.43 Å². The Morgan fingerprint density at radius 1 is 1.08 bits per heavy atom. The van der Waals surface area contributed by atoms with Crippen molar-refractivity contribution in [1.29, 1.82) is 0 Å². The Hall–Kier alpha value is -2.18. The average Bonchev–Trinajstić information content (AvgIpc) is 3.15. The van der Waals surface area contributed by atoms with Crippen LogP contribution in [0.4, 0.5) is 0 Å². The number of hydrogen-bond donors (Lipinski definition) is 2. The molecule has 0 aromatic heterocycles. The van der Waals surface area contributed by atoms with Crippen LogP contribution >= 0.6 is 0 Å². The van der Waals surface area contributed by atoms with Crippen molar-refractivity contribution in [3.05, 3.63) is 41.0 Å².